The minimum absolute atomic E-state index is 0.265. The number of nitrogens with zero attached hydrogens (tertiary/aromatic N) is 2. The van der Waals surface area contributed by atoms with E-state index in [-0.39, 0.29) is 11.7 Å². The molecule has 0 N–H and O–H groups in total. The molecule has 5 heteroatoms. The predicted octanol–water partition coefficient (Wildman–Crippen LogP) is 4.22. The van der Waals surface area contributed by atoms with Gasteiger partial charge in [0.2, 0.25) is 0 Å². The topological polar surface area (TPSA) is 32.7 Å². The van der Waals surface area contributed by atoms with Crippen LogP contribution in [0.15, 0.2) is 59.6 Å². The van der Waals surface area contributed by atoms with Crippen molar-refractivity contribution in [2.24, 2.45) is 4.99 Å². The minimum Gasteiger partial charge on any atom is -0.272 e. The van der Waals surface area contributed by atoms with E-state index < -0.39 is 5.66 Å². The summed E-state index contributed by atoms with van der Waals surface area (Å²) in [5.74, 6) is -0.644. The summed E-state index contributed by atoms with van der Waals surface area (Å²) in [6, 6.07) is 15.1. The highest BCUT2D eigenvalue weighted by atomic mass is 32.1. The molecule has 2 aromatic rings. The molecule has 122 valence electrons. The average molecular weight is 340 g/mol. The number of carbonyl (C=O) groups is 1. The second kappa shape index (κ2) is 6.24. The number of amides is 1. The van der Waals surface area contributed by atoms with E-state index in [0.717, 1.165) is 5.56 Å². The van der Waals surface area contributed by atoms with Gasteiger partial charge in [0, 0.05) is 11.1 Å². The molecule has 3 rings (SSSR count). The number of rotatable bonds is 3. The van der Waals surface area contributed by atoms with Crippen LogP contribution in [0.1, 0.15) is 36.2 Å². The first-order chi connectivity index (χ1) is 11.5. The van der Waals surface area contributed by atoms with E-state index in [9.17, 15) is 9.18 Å². The molecule has 0 fully saturated rings. The average Bonchev–Trinajstić information content (AvgIpc) is 2.87. The standard InChI is InChI=1S/C19H17FN2OS/c1-3-19(2)21-16(13-7-5-4-6-8-13)18(24)22(19)17(23)14-9-11-15(20)12-10-14/h4-12H,3H2,1-2H3/t19-/m0/s1. The van der Waals surface area contributed by atoms with Crippen LogP contribution in [0.5, 0.6) is 0 Å². The second-order valence-corrected chi connectivity index (χ2v) is 6.24. The van der Waals surface area contributed by atoms with Gasteiger partial charge in [-0.2, -0.15) is 0 Å². The first kappa shape index (κ1) is 16.5. The molecule has 0 aliphatic carbocycles. The molecule has 1 amide bonds. The normalized spacial score (nSPS) is 20.2. The Morgan fingerprint density at radius 1 is 1.17 bits per heavy atom. The lowest BCUT2D eigenvalue weighted by atomic mass is 10.1. The van der Waals surface area contributed by atoms with E-state index >= 15 is 0 Å². The Morgan fingerprint density at radius 3 is 2.38 bits per heavy atom. The van der Waals surface area contributed by atoms with Gasteiger partial charge >= 0.3 is 0 Å². The van der Waals surface area contributed by atoms with Crippen molar-refractivity contribution in [3.8, 4) is 0 Å². The maximum Gasteiger partial charge on any atom is 0.260 e. The van der Waals surface area contributed by atoms with Crippen LogP contribution in [0.4, 0.5) is 4.39 Å². The fourth-order valence-electron chi connectivity index (χ4n) is 2.72. The molecule has 0 saturated heterocycles. The summed E-state index contributed by atoms with van der Waals surface area (Å²) in [6.45, 7) is 3.85. The molecule has 0 bridgehead atoms. The van der Waals surface area contributed by atoms with Gasteiger partial charge in [-0.25, -0.2) is 4.39 Å². The van der Waals surface area contributed by atoms with Gasteiger partial charge in [-0.05, 0) is 37.6 Å². The van der Waals surface area contributed by atoms with Crippen LogP contribution in [-0.2, 0) is 0 Å². The first-order valence-corrected chi connectivity index (χ1v) is 8.17. The molecule has 0 saturated carbocycles. The first-order valence-electron chi connectivity index (χ1n) is 7.76. The van der Waals surface area contributed by atoms with Crippen LogP contribution in [0.25, 0.3) is 0 Å². The van der Waals surface area contributed by atoms with Gasteiger partial charge < -0.3 is 0 Å². The number of aliphatic imine (C=N–C) groups is 1. The number of hydrogen-bond donors (Lipinski definition) is 0. The molecular formula is C19H17FN2OS. The fourth-order valence-corrected chi connectivity index (χ4v) is 3.16. The van der Waals surface area contributed by atoms with Crippen molar-refractivity contribution in [1.82, 2.24) is 4.90 Å². The monoisotopic (exact) mass is 340 g/mol. The highest BCUT2D eigenvalue weighted by molar-refractivity contribution is 7.82. The van der Waals surface area contributed by atoms with Crippen LogP contribution < -0.4 is 0 Å². The lowest BCUT2D eigenvalue weighted by molar-refractivity contribution is 0.0734. The summed E-state index contributed by atoms with van der Waals surface area (Å²) >= 11 is 5.56. The third-order valence-corrected chi connectivity index (χ3v) is 4.63. The van der Waals surface area contributed by atoms with Crippen molar-refractivity contribution in [2.45, 2.75) is 25.9 Å². The summed E-state index contributed by atoms with van der Waals surface area (Å²) < 4.78 is 13.1. The summed E-state index contributed by atoms with van der Waals surface area (Å²) in [5.41, 5.74) is 1.18. The van der Waals surface area contributed by atoms with Crippen LogP contribution in [0, 0.1) is 5.82 Å². The summed E-state index contributed by atoms with van der Waals surface area (Å²) in [5, 5.41) is 0. The summed E-state index contributed by atoms with van der Waals surface area (Å²) in [4.78, 5) is 19.6. The zero-order chi connectivity index (χ0) is 17.3. The molecule has 1 atom stereocenters. The van der Waals surface area contributed by atoms with Gasteiger partial charge in [0.25, 0.3) is 5.91 Å². The summed E-state index contributed by atoms with van der Waals surface area (Å²) in [6.07, 6.45) is 0.621. The Morgan fingerprint density at radius 2 is 1.79 bits per heavy atom. The van der Waals surface area contributed by atoms with E-state index in [1.165, 1.54) is 29.2 Å². The zero-order valence-corrected chi connectivity index (χ0v) is 14.3. The number of hydrogen-bond acceptors (Lipinski definition) is 3. The van der Waals surface area contributed by atoms with Gasteiger partial charge in [0.15, 0.2) is 0 Å². The summed E-state index contributed by atoms with van der Waals surface area (Å²) in [7, 11) is 0. The quantitative estimate of drug-likeness (QED) is 0.784. The number of halogens is 1. The van der Waals surface area contributed by atoms with Crippen molar-refractivity contribution in [3.63, 3.8) is 0 Å². The molecule has 1 aliphatic rings. The second-order valence-electron chi connectivity index (χ2n) is 5.85. The molecule has 2 aromatic carbocycles. The Balaban J connectivity index is 2.01. The molecule has 1 aliphatic heterocycles. The maximum atomic E-state index is 13.1. The molecule has 0 unspecified atom stereocenters. The van der Waals surface area contributed by atoms with E-state index in [1.54, 1.807) is 0 Å². The smallest absolute Gasteiger partial charge is 0.260 e. The minimum atomic E-state index is -0.742. The lowest BCUT2D eigenvalue weighted by Crippen LogP contribution is -2.47. The largest absolute Gasteiger partial charge is 0.272 e. The third kappa shape index (κ3) is 2.76. The van der Waals surface area contributed by atoms with Crippen LogP contribution in [-0.4, -0.2) is 27.2 Å². The SMILES string of the molecule is CC[C@@]1(C)N=C(c2ccccc2)C(=S)N1C(=O)c1ccc(F)cc1. The van der Waals surface area contributed by atoms with Crippen molar-refractivity contribution >= 4 is 28.8 Å². The molecule has 24 heavy (non-hydrogen) atoms. The van der Waals surface area contributed by atoms with Crippen LogP contribution in [0.2, 0.25) is 0 Å². The Hall–Kier alpha value is -2.40. The van der Waals surface area contributed by atoms with Crippen molar-refractivity contribution < 1.29 is 9.18 Å². The van der Waals surface area contributed by atoms with E-state index in [0.29, 0.717) is 22.7 Å². The number of benzene rings is 2. The predicted molar refractivity (Wildman–Crippen MR) is 96.8 cm³/mol. The van der Waals surface area contributed by atoms with Gasteiger partial charge in [-0.1, -0.05) is 49.5 Å². The molecule has 1 heterocycles. The highest BCUT2D eigenvalue weighted by Gasteiger charge is 2.44. The molecule has 3 nitrogen and oxygen atoms in total. The highest BCUT2D eigenvalue weighted by Crippen LogP contribution is 2.32. The van der Waals surface area contributed by atoms with Gasteiger partial charge in [0.1, 0.15) is 22.2 Å². The van der Waals surface area contributed by atoms with Gasteiger partial charge in [-0.3, -0.25) is 14.7 Å². The third-order valence-electron chi connectivity index (χ3n) is 4.25. The van der Waals surface area contributed by atoms with Gasteiger partial charge in [-0.15, -0.1) is 0 Å². The molecular weight excluding hydrogens is 323 g/mol. The van der Waals surface area contributed by atoms with Crippen molar-refractivity contribution in [1.29, 1.82) is 0 Å². The van der Waals surface area contributed by atoms with E-state index in [2.05, 4.69) is 0 Å². The fraction of sp³-hybridized carbons (Fsp3) is 0.211. The van der Waals surface area contributed by atoms with Crippen LogP contribution >= 0.6 is 12.2 Å². The Kier molecular flexibility index (Phi) is 4.28. The number of thiocarbonyl (C=S) groups is 1. The van der Waals surface area contributed by atoms with Gasteiger partial charge in [0.05, 0.1) is 0 Å². The molecule has 0 aromatic heterocycles. The van der Waals surface area contributed by atoms with Crippen molar-refractivity contribution in [2.75, 3.05) is 0 Å². The van der Waals surface area contributed by atoms with E-state index in [1.807, 2.05) is 44.2 Å². The van der Waals surface area contributed by atoms with Crippen LogP contribution in [0.3, 0.4) is 0 Å². The maximum absolute atomic E-state index is 13.1. The zero-order valence-electron chi connectivity index (χ0n) is 13.5. The Labute approximate surface area is 145 Å². The Bertz CT molecular complexity index is 817. The number of carbonyl (C=O) groups excluding carboxylic acids is 1. The van der Waals surface area contributed by atoms with Crippen molar-refractivity contribution in [3.05, 3.63) is 71.5 Å². The molecule has 0 radical (unpaired) electrons. The van der Waals surface area contributed by atoms with E-state index in [4.69, 9.17) is 17.2 Å². The lowest BCUT2D eigenvalue weighted by Gasteiger charge is -2.31. The molecule has 0 spiro atoms.